The molecule has 3 aromatic heterocycles. The van der Waals surface area contributed by atoms with Crippen LogP contribution in [0.1, 0.15) is 24.3 Å². The summed E-state index contributed by atoms with van der Waals surface area (Å²) >= 11 is 6.57. The Hall–Kier alpha value is -3.66. The van der Waals surface area contributed by atoms with E-state index in [1.807, 2.05) is 56.6 Å². The molecule has 0 aliphatic carbocycles. The summed E-state index contributed by atoms with van der Waals surface area (Å²) in [6.07, 6.45) is 3.79. The summed E-state index contributed by atoms with van der Waals surface area (Å²) < 4.78 is 11.3. The van der Waals surface area contributed by atoms with Gasteiger partial charge in [0.05, 0.1) is 16.1 Å². The molecule has 0 bridgehead atoms. The molecule has 0 unspecified atom stereocenters. The Labute approximate surface area is 219 Å². The first kappa shape index (κ1) is 23.7. The van der Waals surface area contributed by atoms with Gasteiger partial charge in [-0.15, -0.1) is 0 Å². The summed E-state index contributed by atoms with van der Waals surface area (Å²) in [5, 5.41) is 11.6. The first-order valence-corrected chi connectivity index (χ1v) is 12.8. The van der Waals surface area contributed by atoms with E-state index in [4.69, 9.17) is 30.7 Å². The van der Waals surface area contributed by atoms with E-state index >= 15 is 0 Å². The van der Waals surface area contributed by atoms with Gasteiger partial charge >= 0.3 is 0 Å². The fraction of sp³-hybridized carbons (Fsp3) is 0.296. The highest BCUT2D eigenvalue weighted by molar-refractivity contribution is 6.33. The number of fused-ring (bicyclic) bond motifs is 2. The van der Waals surface area contributed by atoms with Gasteiger partial charge in [0.1, 0.15) is 17.0 Å². The second-order valence-electron chi connectivity index (χ2n) is 9.24. The number of halogens is 1. The SMILES string of the molecule is CNCc1ccc(Nc2nc(NC3CCOCC3)c3c(-c4ccc5nc(C)oc5c4)c[nH]c3n2)c(Cl)c1. The van der Waals surface area contributed by atoms with Crippen LogP contribution in [-0.2, 0) is 11.3 Å². The molecule has 0 radical (unpaired) electrons. The van der Waals surface area contributed by atoms with E-state index < -0.39 is 0 Å². The van der Waals surface area contributed by atoms with Gasteiger partial charge in [0, 0.05) is 44.5 Å². The van der Waals surface area contributed by atoms with Crippen LogP contribution in [0.15, 0.2) is 47.0 Å². The molecule has 1 fully saturated rings. The number of ether oxygens (including phenoxy) is 1. The number of aromatic nitrogens is 4. The standard InChI is InChI=1S/C27H28ClN7O2/c1-15-31-22-6-4-17(12-23(22)37-15)19-14-30-25-24(19)26(32-18-7-9-36-10-8-18)35-27(34-25)33-21-5-3-16(13-29-2)11-20(21)28/h3-6,11-12,14,18,29H,7-10,13H2,1-2H3,(H3,30,32,33,34,35). The van der Waals surface area contributed by atoms with Crippen LogP contribution >= 0.6 is 11.6 Å². The quantitative estimate of drug-likeness (QED) is 0.215. The van der Waals surface area contributed by atoms with E-state index in [-0.39, 0.29) is 6.04 Å². The molecule has 2 aromatic carbocycles. The molecule has 4 heterocycles. The van der Waals surface area contributed by atoms with E-state index in [1.165, 1.54) is 0 Å². The second-order valence-corrected chi connectivity index (χ2v) is 9.64. The molecular formula is C27H28ClN7O2. The van der Waals surface area contributed by atoms with Crippen LogP contribution < -0.4 is 16.0 Å². The van der Waals surface area contributed by atoms with Gasteiger partial charge in [-0.2, -0.15) is 9.97 Å². The molecule has 0 saturated carbocycles. The summed E-state index contributed by atoms with van der Waals surface area (Å²) in [4.78, 5) is 17.5. The largest absolute Gasteiger partial charge is 0.441 e. The molecule has 1 aliphatic heterocycles. The number of aromatic amines is 1. The molecule has 6 rings (SSSR count). The minimum Gasteiger partial charge on any atom is -0.441 e. The summed E-state index contributed by atoms with van der Waals surface area (Å²) in [5.41, 5.74) is 6.14. The number of nitrogens with one attached hydrogen (secondary N) is 4. The van der Waals surface area contributed by atoms with Gasteiger partial charge in [0.15, 0.2) is 11.5 Å². The first-order chi connectivity index (χ1) is 18.1. The minimum absolute atomic E-state index is 0.256. The monoisotopic (exact) mass is 517 g/mol. The van der Waals surface area contributed by atoms with E-state index in [0.29, 0.717) is 16.9 Å². The molecule has 1 saturated heterocycles. The zero-order chi connectivity index (χ0) is 25.4. The highest BCUT2D eigenvalue weighted by Gasteiger charge is 2.21. The maximum atomic E-state index is 6.57. The molecular weight excluding hydrogens is 490 g/mol. The predicted octanol–water partition coefficient (Wildman–Crippen LogP) is 5.78. The maximum absolute atomic E-state index is 6.57. The Kier molecular flexibility index (Phi) is 6.42. The smallest absolute Gasteiger partial charge is 0.231 e. The molecule has 9 nitrogen and oxygen atoms in total. The van der Waals surface area contributed by atoms with Crippen LogP contribution in [0, 0.1) is 6.92 Å². The van der Waals surface area contributed by atoms with Crippen molar-refractivity contribution in [3.8, 4) is 11.1 Å². The number of oxazole rings is 1. The lowest BCUT2D eigenvalue weighted by molar-refractivity contribution is 0.0904. The Balaban J connectivity index is 1.41. The lowest BCUT2D eigenvalue weighted by Gasteiger charge is -2.24. The van der Waals surface area contributed by atoms with Gasteiger partial charge < -0.3 is 30.1 Å². The zero-order valence-electron chi connectivity index (χ0n) is 20.7. The molecule has 37 heavy (non-hydrogen) atoms. The summed E-state index contributed by atoms with van der Waals surface area (Å²) in [6, 6.07) is 12.2. The summed E-state index contributed by atoms with van der Waals surface area (Å²) in [7, 11) is 1.91. The molecule has 0 spiro atoms. The van der Waals surface area contributed by atoms with Crippen LogP contribution in [0.5, 0.6) is 0 Å². The predicted molar refractivity (Wildman–Crippen MR) is 147 cm³/mol. The Morgan fingerprint density at radius 2 is 1.95 bits per heavy atom. The first-order valence-electron chi connectivity index (χ1n) is 12.4. The van der Waals surface area contributed by atoms with Crippen molar-refractivity contribution >= 4 is 51.2 Å². The van der Waals surface area contributed by atoms with Crippen molar-refractivity contribution in [3.63, 3.8) is 0 Å². The van der Waals surface area contributed by atoms with E-state index in [1.54, 1.807) is 0 Å². The maximum Gasteiger partial charge on any atom is 0.231 e. The van der Waals surface area contributed by atoms with Gasteiger partial charge in [-0.05, 0) is 55.3 Å². The number of anilines is 3. The third kappa shape index (κ3) is 4.85. The van der Waals surface area contributed by atoms with Crippen molar-refractivity contribution in [2.24, 2.45) is 0 Å². The van der Waals surface area contributed by atoms with E-state index in [0.717, 1.165) is 82.9 Å². The van der Waals surface area contributed by atoms with Crippen molar-refractivity contribution in [1.29, 1.82) is 0 Å². The second kappa shape index (κ2) is 10.0. The van der Waals surface area contributed by atoms with Crippen molar-refractivity contribution in [2.45, 2.75) is 32.4 Å². The summed E-state index contributed by atoms with van der Waals surface area (Å²) in [5.74, 6) is 1.86. The topological polar surface area (TPSA) is 113 Å². The number of aryl methyl sites for hydroxylation is 1. The molecule has 190 valence electrons. The third-order valence-corrected chi connectivity index (χ3v) is 6.87. The number of nitrogens with zero attached hydrogens (tertiary/aromatic N) is 3. The molecule has 4 N–H and O–H groups in total. The molecule has 1 aliphatic rings. The number of rotatable bonds is 7. The Morgan fingerprint density at radius 1 is 1.08 bits per heavy atom. The molecule has 0 atom stereocenters. The highest BCUT2D eigenvalue weighted by atomic mass is 35.5. The number of H-pyrrole nitrogens is 1. The van der Waals surface area contributed by atoms with Crippen molar-refractivity contribution in [1.82, 2.24) is 25.3 Å². The van der Waals surface area contributed by atoms with E-state index in [2.05, 4.69) is 25.9 Å². The Bertz CT molecular complexity index is 1570. The third-order valence-electron chi connectivity index (χ3n) is 6.56. The minimum atomic E-state index is 0.256. The highest BCUT2D eigenvalue weighted by Crippen LogP contribution is 2.36. The Morgan fingerprint density at radius 3 is 2.76 bits per heavy atom. The normalized spacial score (nSPS) is 14.5. The molecule has 5 aromatic rings. The molecule has 0 amide bonds. The zero-order valence-corrected chi connectivity index (χ0v) is 21.4. The van der Waals surface area contributed by atoms with Crippen LogP contribution in [0.25, 0.3) is 33.3 Å². The fourth-order valence-electron chi connectivity index (χ4n) is 4.76. The molecule has 10 heteroatoms. The lowest BCUT2D eigenvalue weighted by Crippen LogP contribution is -2.28. The van der Waals surface area contributed by atoms with Crippen LogP contribution in [0.3, 0.4) is 0 Å². The number of hydrogen-bond acceptors (Lipinski definition) is 8. The van der Waals surface area contributed by atoms with Crippen LogP contribution in [0.4, 0.5) is 17.5 Å². The lowest BCUT2D eigenvalue weighted by atomic mass is 10.0. The number of hydrogen-bond donors (Lipinski definition) is 4. The van der Waals surface area contributed by atoms with Gasteiger partial charge in [-0.1, -0.05) is 23.7 Å². The van der Waals surface area contributed by atoms with Crippen molar-refractivity contribution in [3.05, 3.63) is 59.1 Å². The van der Waals surface area contributed by atoms with Gasteiger partial charge in [0.25, 0.3) is 0 Å². The van der Waals surface area contributed by atoms with Gasteiger partial charge in [0.2, 0.25) is 5.95 Å². The van der Waals surface area contributed by atoms with Gasteiger partial charge in [-0.25, -0.2) is 4.98 Å². The number of benzene rings is 2. The average Bonchev–Trinajstić information content (AvgIpc) is 3.49. The van der Waals surface area contributed by atoms with E-state index in [9.17, 15) is 0 Å². The van der Waals surface area contributed by atoms with Crippen LogP contribution in [-0.4, -0.2) is 46.2 Å². The van der Waals surface area contributed by atoms with Gasteiger partial charge in [-0.3, -0.25) is 0 Å². The average molecular weight is 518 g/mol. The van der Waals surface area contributed by atoms with Crippen molar-refractivity contribution in [2.75, 3.05) is 30.9 Å². The van der Waals surface area contributed by atoms with Crippen LogP contribution in [0.2, 0.25) is 5.02 Å². The fourth-order valence-corrected chi connectivity index (χ4v) is 5.01. The van der Waals surface area contributed by atoms with Crippen molar-refractivity contribution < 1.29 is 9.15 Å². The summed E-state index contributed by atoms with van der Waals surface area (Å²) in [6.45, 7) is 4.05.